The van der Waals surface area contributed by atoms with Crippen LogP contribution >= 0.6 is 0 Å². The number of carbonyl (C=O) groups excluding carboxylic acids is 1. The maximum Gasteiger partial charge on any atom is 0.336 e. The molecule has 0 fully saturated rings. The fourth-order valence-electron chi connectivity index (χ4n) is 3.17. The van der Waals surface area contributed by atoms with E-state index in [2.05, 4.69) is 15.4 Å². The van der Waals surface area contributed by atoms with Crippen LogP contribution in [0.2, 0.25) is 0 Å². The lowest BCUT2D eigenvalue weighted by Crippen LogP contribution is -2.12. The molecule has 1 aromatic heterocycles. The molecule has 0 aliphatic rings. The molecule has 0 atom stereocenters. The number of methoxy groups -OCH3 is 2. The molecule has 0 spiro atoms. The van der Waals surface area contributed by atoms with Gasteiger partial charge >= 0.3 is 6.01 Å². The average Bonchev–Trinajstić information content (AvgIpc) is 3.29. The molecular formula is C23H19N5O5. The number of benzene rings is 3. The van der Waals surface area contributed by atoms with Crippen LogP contribution in [-0.4, -0.2) is 39.8 Å². The molecule has 3 aromatic carbocycles. The van der Waals surface area contributed by atoms with Crippen molar-refractivity contribution in [3.05, 3.63) is 88.5 Å². The van der Waals surface area contributed by atoms with Crippen molar-refractivity contribution in [2.75, 3.05) is 19.5 Å². The summed E-state index contributed by atoms with van der Waals surface area (Å²) in [5.74, 6) is 0.779. The fourth-order valence-corrected chi connectivity index (χ4v) is 3.17. The molecule has 166 valence electrons. The minimum absolute atomic E-state index is 0.157. The van der Waals surface area contributed by atoms with Crippen molar-refractivity contribution in [3.63, 3.8) is 0 Å². The predicted molar refractivity (Wildman–Crippen MR) is 121 cm³/mol. The number of aromatic nitrogens is 3. The van der Waals surface area contributed by atoms with Gasteiger partial charge in [-0.2, -0.15) is 4.98 Å². The summed E-state index contributed by atoms with van der Waals surface area (Å²) in [7, 11) is 3.07. The second kappa shape index (κ2) is 9.18. The summed E-state index contributed by atoms with van der Waals surface area (Å²) in [4.78, 5) is 27.5. The van der Waals surface area contributed by atoms with Gasteiger partial charge < -0.3 is 14.8 Å². The number of rotatable bonds is 7. The number of hydrogen-bond acceptors (Lipinski definition) is 7. The Morgan fingerprint density at radius 2 is 1.76 bits per heavy atom. The fraction of sp³-hybridized carbons (Fsp3) is 0.0870. The Morgan fingerprint density at radius 1 is 1.00 bits per heavy atom. The number of nitro groups is 1. The summed E-state index contributed by atoms with van der Waals surface area (Å²) in [6.45, 7) is 0. The van der Waals surface area contributed by atoms with Crippen LogP contribution in [0.25, 0.3) is 17.1 Å². The third-order valence-electron chi connectivity index (χ3n) is 4.79. The highest BCUT2D eigenvalue weighted by molar-refractivity contribution is 6.04. The number of nitro benzene ring substituents is 1. The van der Waals surface area contributed by atoms with Crippen molar-refractivity contribution in [2.24, 2.45) is 0 Å². The van der Waals surface area contributed by atoms with Crippen molar-refractivity contribution in [3.8, 4) is 28.8 Å². The first-order valence-electron chi connectivity index (χ1n) is 9.80. The van der Waals surface area contributed by atoms with Crippen LogP contribution in [0.4, 0.5) is 11.4 Å². The first-order chi connectivity index (χ1) is 16.0. The van der Waals surface area contributed by atoms with Crippen molar-refractivity contribution < 1.29 is 19.2 Å². The second-order valence-corrected chi connectivity index (χ2v) is 6.87. The Balaban J connectivity index is 1.65. The van der Waals surface area contributed by atoms with Gasteiger partial charge in [0.15, 0.2) is 5.82 Å². The van der Waals surface area contributed by atoms with Crippen molar-refractivity contribution in [1.82, 2.24) is 14.8 Å². The van der Waals surface area contributed by atoms with Gasteiger partial charge in [0, 0.05) is 28.9 Å². The normalized spacial score (nSPS) is 10.5. The van der Waals surface area contributed by atoms with Crippen LogP contribution < -0.4 is 14.8 Å². The summed E-state index contributed by atoms with van der Waals surface area (Å²) < 4.78 is 12.0. The Kier molecular flexibility index (Phi) is 5.98. The molecule has 4 rings (SSSR count). The largest absolute Gasteiger partial charge is 0.497 e. The summed E-state index contributed by atoms with van der Waals surface area (Å²) in [5.41, 5.74) is 1.93. The second-order valence-electron chi connectivity index (χ2n) is 6.87. The molecule has 1 heterocycles. The number of non-ortho nitro benzene ring substituents is 1. The van der Waals surface area contributed by atoms with Gasteiger partial charge in [0.25, 0.3) is 11.6 Å². The van der Waals surface area contributed by atoms with E-state index in [1.165, 1.54) is 31.4 Å². The summed E-state index contributed by atoms with van der Waals surface area (Å²) in [6.07, 6.45) is 0. The Morgan fingerprint density at radius 3 is 2.45 bits per heavy atom. The standard InChI is InChI=1S/C23H19N5O5/c1-32-20-11-9-15(10-12-20)21-25-23(33-2)26-27(21)18-7-4-6-17(14-18)24-22(29)16-5-3-8-19(13-16)28(30)31/h3-14H,1-2H3,(H,24,29). The van der Waals surface area contributed by atoms with E-state index in [1.54, 1.807) is 30.0 Å². The van der Waals surface area contributed by atoms with Gasteiger partial charge in [0.05, 0.1) is 24.8 Å². The molecule has 0 saturated carbocycles. The van der Waals surface area contributed by atoms with Crippen molar-refractivity contribution >= 4 is 17.3 Å². The third-order valence-corrected chi connectivity index (χ3v) is 4.79. The van der Waals surface area contributed by atoms with Crippen molar-refractivity contribution in [2.45, 2.75) is 0 Å². The van der Waals surface area contributed by atoms with E-state index in [-0.39, 0.29) is 17.3 Å². The summed E-state index contributed by atoms with van der Waals surface area (Å²) in [5, 5.41) is 18.1. The number of ether oxygens (including phenoxy) is 2. The van der Waals surface area contributed by atoms with Gasteiger partial charge in [0.2, 0.25) is 0 Å². The highest BCUT2D eigenvalue weighted by Crippen LogP contribution is 2.26. The molecule has 0 radical (unpaired) electrons. The monoisotopic (exact) mass is 445 g/mol. The van der Waals surface area contributed by atoms with E-state index in [4.69, 9.17) is 9.47 Å². The van der Waals surface area contributed by atoms with E-state index >= 15 is 0 Å². The molecule has 0 bridgehead atoms. The maximum atomic E-state index is 12.6. The highest BCUT2D eigenvalue weighted by atomic mass is 16.6. The zero-order valence-corrected chi connectivity index (χ0v) is 17.8. The third kappa shape index (κ3) is 4.64. The molecule has 0 unspecified atom stereocenters. The van der Waals surface area contributed by atoms with Crippen LogP contribution in [0.15, 0.2) is 72.8 Å². The molecule has 1 N–H and O–H groups in total. The Labute approximate surface area is 188 Å². The molecule has 0 aliphatic heterocycles. The van der Waals surface area contributed by atoms with E-state index in [0.29, 0.717) is 22.9 Å². The minimum atomic E-state index is -0.545. The number of carbonyl (C=O) groups is 1. The summed E-state index contributed by atoms with van der Waals surface area (Å²) in [6, 6.07) is 20.0. The van der Waals surface area contributed by atoms with Gasteiger partial charge in [-0.05, 0) is 48.5 Å². The number of nitrogens with one attached hydrogen (secondary N) is 1. The molecule has 4 aromatic rings. The van der Waals surface area contributed by atoms with E-state index in [1.807, 2.05) is 30.3 Å². The smallest absolute Gasteiger partial charge is 0.336 e. The van der Waals surface area contributed by atoms with Crippen LogP contribution in [0.5, 0.6) is 11.8 Å². The van der Waals surface area contributed by atoms with Crippen molar-refractivity contribution in [1.29, 1.82) is 0 Å². The Hall–Kier alpha value is -4.73. The lowest BCUT2D eigenvalue weighted by atomic mass is 10.1. The Bertz CT molecular complexity index is 1320. The van der Waals surface area contributed by atoms with Gasteiger partial charge in [-0.1, -0.05) is 12.1 Å². The number of hydrogen-bond donors (Lipinski definition) is 1. The predicted octanol–water partition coefficient (Wildman–Crippen LogP) is 4.11. The topological polar surface area (TPSA) is 121 Å². The molecule has 10 heteroatoms. The molecule has 0 aliphatic carbocycles. The SMILES string of the molecule is COc1ccc(-c2nc(OC)nn2-c2cccc(NC(=O)c3cccc([N+](=O)[O-])c3)c2)cc1. The van der Waals surface area contributed by atoms with E-state index in [0.717, 1.165) is 5.56 Å². The zero-order chi connectivity index (χ0) is 23.4. The van der Waals surface area contributed by atoms with Crippen LogP contribution in [0, 0.1) is 10.1 Å². The molecule has 10 nitrogen and oxygen atoms in total. The number of nitrogens with zero attached hydrogens (tertiary/aromatic N) is 4. The van der Waals surface area contributed by atoms with Crippen LogP contribution in [0.1, 0.15) is 10.4 Å². The highest BCUT2D eigenvalue weighted by Gasteiger charge is 2.16. The van der Waals surface area contributed by atoms with Gasteiger partial charge in [-0.15, -0.1) is 5.10 Å². The number of anilines is 1. The first-order valence-corrected chi connectivity index (χ1v) is 9.80. The molecular weight excluding hydrogens is 426 g/mol. The van der Waals surface area contributed by atoms with Crippen LogP contribution in [-0.2, 0) is 0 Å². The molecule has 1 amide bonds. The van der Waals surface area contributed by atoms with Gasteiger partial charge in [0.1, 0.15) is 5.75 Å². The van der Waals surface area contributed by atoms with Gasteiger partial charge in [-0.3, -0.25) is 14.9 Å². The lowest BCUT2D eigenvalue weighted by Gasteiger charge is -2.10. The maximum absolute atomic E-state index is 12.6. The average molecular weight is 445 g/mol. The summed E-state index contributed by atoms with van der Waals surface area (Å²) >= 11 is 0. The molecule has 0 saturated heterocycles. The van der Waals surface area contributed by atoms with E-state index < -0.39 is 10.8 Å². The minimum Gasteiger partial charge on any atom is -0.497 e. The van der Waals surface area contributed by atoms with E-state index in [9.17, 15) is 14.9 Å². The number of amides is 1. The lowest BCUT2D eigenvalue weighted by molar-refractivity contribution is -0.384. The van der Waals surface area contributed by atoms with Gasteiger partial charge in [-0.25, -0.2) is 4.68 Å². The quantitative estimate of drug-likeness (QED) is 0.335. The first kappa shape index (κ1) is 21.5. The molecule has 33 heavy (non-hydrogen) atoms. The van der Waals surface area contributed by atoms with Crippen LogP contribution in [0.3, 0.4) is 0 Å². The zero-order valence-electron chi connectivity index (χ0n) is 17.8.